The van der Waals surface area contributed by atoms with Gasteiger partial charge in [0.2, 0.25) is 0 Å². The zero-order valence-electron chi connectivity index (χ0n) is 7.60. The molecule has 0 unspecified atom stereocenters. The minimum Gasteiger partial charge on any atom is -0.396 e. The second-order valence-corrected chi connectivity index (χ2v) is 4.06. The molecule has 0 saturated carbocycles. The molecule has 2 heterocycles. The molecule has 0 saturated heterocycles. The summed E-state index contributed by atoms with van der Waals surface area (Å²) in [6, 6.07) is 6.02. The first-order valence-corrected chi connectivity index (χ1v) is 5.16. The molecule has 0 aliphatic carbocycles. The molecule has 0 aromatic carbocycles. The van der Waals surface area contributed by atoms with Gasteiger partial charge < -0.3 is 11.5 Å². The van der Waals surface area contributed by atoms with Crippen molar-refractivity contribution in [3.63, 3.8) is 0 Å². The molecule has 14 heavy (non-hydrogen) atoms. The standard InChI is InChI=1S/C10H11N3S/c11-9-7(3-4-13-10(9)12)6-8-2-1-5-14-8/h1-5H,6,11H2,(H2,12,13). The number of hydrogen-bond donors (Lipinski definition) is 2. The smallest absolute Gasteiger partial charge is 0.146 e. The Kier molecular flexibility index (Phi) is 2.37. The number of aromatic nitrogens is 1. The summed E-state index contributed by atoms with van der Waals surface area (Å²) in [5, 5.41) is 2.05. The van der Waals surface area contributed by atoms with Crippen molar-refractivity contribution in [3.8, 4) is 0 Å². The van der Waals surface area contributed by atoms with Gasteiger partial charge in [-0.15, -0.1) is 11.3 Å². The Morgan fingerprint density at radius 1 is 1.29 bits per heavy atom. The summed E-state index contributed by atoms with van der Waals surface area (Å²) < 4.78 is 0. The predicted octanol–water partition coefficient (Wildman–Crippen LogP) is 1.90. The van der Waals surface area contributed by atoms with Gasteiger partial charge in [0, 0.05) is 17.5 Å². The number of nitrogens with zero attached hydrogens (tertiary/aromatic N) is 1. The summed E-state index contributed by atoms with van der Waals surface area (Å²) in [6.45, 7) is 0. The fraction of sp³-hybridized carbons (Fsp3) is 0.100. The lowest BCUT2D eigenvalue weighted by Gasteiger charge is -2.05. The first kappa shape index (κ1) is 9.02. The van der Waals surface area contributed by atoms with Gasteiger partial charge >= 0.3 is 0 Å². The molecule has 4 heteroatoms. The monoisotopic (exact) mass is 205 g/mol. The van der Waals surface area contributed by atoms with Gasteiger partial charge in [-0.05, 0) is 23.1 Å². The Balaban J connectivity index is 2.29. The largest absolute Gasteiger partial charge is 0.396 e. The lowest BCUT2D eigenvalue weighted by Crippen LogP contribution is -2.01. The van der Waals surface area contributed by atoms with Crippen LogP contribution in [0.2, 0.25) is 0 Å². The van der Waals surface area contributed by atoms with Crippen LogP contribution in [0.15, 0.2) is 29.8 Å². The number of rotatable bonds is 2. The number of nitrogen functional groups attached to an aromatic ring is 2. The predicted molar refractivity (Wildman–Crippen MR) is 60.2 cm³/mol. The molecule has 0 aliphatic heterocycles. The molecule has 0 radical (unpaired) electrons. The summed E-state index contributed by atoms with van der Waals surface area (Å²) >= 11 is 1.72. The van der Waals surface area contributed by atoms with Crippen molar-refractivity contribution >= 4 is 22.8 Å². The first-order chi connectivity index (χ1) is 6.77. The van der Waals surface area contributed by atoms with Crippen LogP contribution in [0.4, 0.5) is 11.5 Å². The Hall–Kier alpha value is -1.55. The van der Waals surface area contributed by atoms with E-state index in [4.69, 9.17) is 11.5 Å². The normalized spacial score (nSPS) is 10.3. The molecule has 4 N–H and O–H groups in total. The summed E-state index contributed by atoms with van der Waals surface area (Å²) in [6.07, 6.45) is 2.52. The Labute approximate surface area is 86.4 Å². The molecule has 2 rings (SSSR count). The highest BCUT2D eigenvalue weighted by atomic mass is 32.1. The third-order valence-electron chi connectivity index (χ3n) is 2.06. The van der Waals surface area contributed by atoms with Crippen molar-refractivity contribution < 1.29 is 0 Å². The van der Waals surface area contributed by atoms with E-state index in [1.54, 1.807) is 17.5 Å². The Morgan fingerprint density at radius 2 is 2.14 bits per heavy atom. The van der Waals surface area contributed by atoms with E-state index in [2.05, 4.69) is 16.4 Å². The molecule has 2 aromatic heterocycles. The lowest BCUT2D eigenvalue weighted by molar-refractivity contribution is 1.21. The van der Waals surface area contributed by atoms with Gasteiger partial charge in [0.25, 0.3) is 0 Å². The minimum atomic E-state index is 0.416. The van der Waals surface area contributed by atoms with E-state index in [-0.39, 0.29) is 0 Å². The van der Waals surface area contributed by atoms with Crippen LogP contribution in [0.3, 0.4) is 0 Å². The molecule has 0 amide bonds. The van der Waals surface area contributed by atoms with Gasteiger partial charge in [-0.3, -0.25) is 0 Å². The van der Waals surface area contributed by atoms with Gasteiger partial charge in [-0.25, -0.2) is 4.98 Å². The van der Waals surface area contributed by atoms with Crippen molar-refractivity contribution in [2.75, 3.05) is 11.5 Å². The topological polar surface area (TPSA) is 64.9 Å². The molecular formula is C10H11N3S. The Morgan fingerprint density at radius 3 is 2.86 bits per heavy atom. The molecule has 0 fully saturated rings. The molecular weight excluding hydrogens is 194 g/mol. The van der Waals surface area contributed by atoms with E-state index in [0.29, 0.717) is 11.5 Å². The van der Waals surface area contributed by atoms with Gasteiger partial charge in [-0.1, -0.05) is 6.07 Å². The molecule has 0 atom stereocenters. The summed E-state index contributed by atoms with van der Waals surface area (Å²) in [7, 11) is 0. The first-order valence-electron chi connectivity index (χ1n) is 4.28. The van der Waals surface area contributed by atoms with Crippen LogP contribution in [0, 0.1) is 0 Å². The highest BCUT2D eigenvalue weighted by Crippen LogP contribution is 2.22. The van der Waals surface area contributed by atoms with E-state index in [1.807, 2.05) is 12.1 Å². The quantitative estimate of drug-likeness (QED) is 0.787. The third-order valence-corrected chi connectivity index (χ3v) is 2.93. The maximum absolute atomic E-state index is 5.82. The van der Waals surface area contributed by atoms with Crippen LogP contribution < -0.4 is 11.5 Å². The summed E-state index contributed by atoms with van der Waals surface area (Å²) in [4.78, 5) is 5.20. The van der Waals surface area contributed by atoms with Crippen molar-refractivity contribution in [2.45, 2.75) is 6.42 Å². The molecule has 0 spiro atoms. The molecule has 0 aliphatic rings. The van der Waals surface area contributed by atoms with Crippen LogP contribution in [0.25, 0.3) is 0 Å². The van der Waals surface area contributed by atoms with Crippen LogP contribution in [-0.2, 0) is 6.42 Å². The van der Waals surface area contributed by atoms with Crippen molar-refractivity contribution in [1.82, 2.24) is 4.98 Å². The van der Waals surface area contributed by atoms with Crippen LogP contribution in [0.1, 0.15) is 10.4 Å². The minimum absolute atomic E-state index is 0.416. The number of nitrogens with two attached hydrogens (primary N) is 2. The maximum Gasteiger partial charge on any atom is 0.146 e. The van der Waals surface area contributed by atoms with Crippen LogP contribution in [-0.4, -0.2) is 4.98 Å². The van der Waals surface area contributed by atoms with E-state index in [1.165, 1.54) is 4.88 Å². The zero-order chi connectivity index (χ0) is 9.97. The van der Waals surface area contributed by atoms with Gasteiger partial charge in [0.15, 0.2) is 0 Å². The SMILES string of the molecule is Nc1nccc(Cc2cccs2)c1N. The fourth-order valence-corrected chi connectivity index (χ4v) is 2.01. The van der Waals surface area contributed by atoms with E-state index in [0.717, 1.165) is 12.0 Å². The number of pyridine rings is 1. The van der Waals surface area contributed by atoms with Crippen LogP contribution >= 0.6 is 11.3 Å². The number of hydrogen-bond acceptors (Lipinski definition) is 4. The molecule has 0 bridgehead atoms. The number of anilines is 2. The van der Waals surface area contributed by atoms with Crippen molar-refractivity contribution in [1.29, 1.82) is 0 Å². The zero-order valence-corrected chi connectivity index (χ0v) is 8.42. The average Bonchev–Trinajstić information content (AvgIpc) is 2.66. The molecule has 72 valence electrons. The summed E-state index contributed by atoms with van der Waals surface area (Å²) in [5.41, 5.74) is 13.1. The third kappa shape index (κ3) is 1.70. The van der Waals surface area contributed by atoms with Gasteiger partial charge in [0.1, 0.15) is 5.82 Å². The lowest BCUT2D eigenvalue weighted by atomic mass is 10.1. The fourth-order valence-electron chi connectivity index (χ4n) is 1.29. The van der Waals surface area contributed by atoms with Crippen molar-refractivity contribution in [2.24, 2.45) is 0 Å². The Bertz CT molecular complexity index is 423. The highest BCUT2D eigenvalue weighted by Gasteiger charge is 2.04. The van der Waals surface area contributed by atoms with Gasteiger partial charge in [0.05, 0.1) is 5.69 Å². The second kappa shape index (κ2) is 3.67. The highest BCUT2D eigenvalue weighted by molar-refractivity contribution is 7.09. The van der Waals surface area contributed by atoms with E-state index < -0.39 is 0 Å². The van der Waals surface area contributed by atoms with E-state index >= 15 is 0 Å². The van der Waals surface area contributed by atoms with Crippen molar-refractivity contribution in [3.05, 3.63) is 40.2 Å². The second-order valence-electron chi connectivity index (χ2n) is 3.03. The number of thiophene rings is 1. The van der Waals surface area contributed by atoms with E-state index in [9.17, 15) is 0 Å². The maximum atomic E-state index is 5.82. The van der Waals surface area contributed by atoms with Gasteiger partial charge in [-0.2, -0.15) is 0 Å². The average molecular weight is 205 g/mol. The molecule has 2 aromatic rings. The summed E-state index contributed by atoms with van der Waals surface area (Å²) in [5.74, 6) is 0.416. The molecule has 3 nitrogen and oxygen atoms in total. The van der Waals surface area contributed by atoms with Crippen LogP contribution in [0.5, 0.6) is 0 Å².